The molecule has 4 atom stereocenters. The van der Waals surface area contributed by atoms with Crippen LogP contribution in [0.3, 0.4) is 0 Å². The number of hydrogen-bond acceptors (Lipinski definition) is 4. The van der Waals surface area contributed by atoms with E-state index in [1.807, 2.05) is 26.8 Å². The minimum atomic E-state index is -0.896. The summed E-state index contributed by atoms with van der Waals surface area (Å²) in [5, 5.41) is 7.05. The zero-order valence-electron chi connectivity index (χ0n) is 19.9. The molecule has 1 aliphatic rings. The van der Waals surface area contributed by atoms with Crippen LogP contribution in [0, 0.1) is 11.8 Å². The first-order chi connectivity index (χ1) is 15.1. The van der Waals surface area contributed by atoms with Crippen molar-refractivity contribution in [2.24, 2.45) is 11.8 Å². The van der Waals surface area contributed by atoms with Crippen molar-refractivity contribution in [1.29, 1.82) is 0 Å². The molecule has 0 aromatic heterocycles. The predicted molar refractivity (Wildman–Crippen MR) is 129 cm³/mol. The van der Waals surface area contributed by atoms with Gasteiger partial charge in [-0.1, -0.05) is 6.08 Å². The van der Waals surface area contributed by atoms with Crippen LogP contribution < -0.4 is 15.1 Å². The van der Waals surface area contributed by atoms with Crippen LogP contribution in [0.25, 0.3) is 0 Å². The fourth-order valence-corrected chi connectivity index (χ4v) is 5.81. The van der Waals surface area contributed by atoms with Gasteiger partial charge in [0.1, 0.15) is 0 Å². The molecule has 1 aromatic rings. The SMILES string of the molecule is C=CCCNC(=O)[C@H]1OC(C)(C)O[C@@H]1[C@@H](NC(=O)[C@@H](C)CC[Se]c1ccccc1)C(C)C. The van der Waals surface area contributed by atoms with Gasteiger partial charge in [0.15, 0.2) is 0 Å². The van der Waals surface area contributed by atoms with Gasteiger partial charge in [-0.15, -0.1) is 6.58 Å². The summed E-state index contributed by atoms with van der Waals surface area (Å²) in [5.41, 5.74) is 0. The zero-order valence-corrected chi connectivity index (χ0v) is 21.6. The second kappa shape index (κ2) is 12.5. The number of benzene rings is 1. The minimum absolute atomic E-state index is 0.00770. The Morgan fingerprint density at radius 2 is 1.88 bits per heavy atom. The van der Waals surface area contributed by atoms with Crippen molar-refractivity contribution in [3.8, 4) is 0 Å². The Labute approximate surface area is 199 Å². The van der Waals surface area contributed by atoms with Gasteiger partial charge in [0.25, 0.3) is 0 Å². The van der Waals surface area contributed by atoms with E-state index in [-0.39, 0.29) is 29.7 Å². The molecule has 0 unspecified atom stereocenters. The maximum absolute atomic E-state index is 13.0. The number of rotatable bonds is 12. The van der Waals surface area contributed by atoms with Gasteiger partial charge in [0, 0.05) is 0 Å². The van der Waals surface area contributed by atoms with E-state index in [1.165, 1.54) is 4.46 Å². The molecule has 2 amide bonds. The number of hydrogen-bond donors (Lipinski definition) is 2. The molecule has 0 aliphatic carbocycles. The molecule has 1 fully saturated rings. The van der Waals surface area contributed by atoms with Crippen molar-refractivity contribution >= 4 is 31.2 Å². The molecule has 7 heteroatoms. The normalized spacial score (nSPS) is 21.7. The van der Waals surface area contributed by atoms with E-state index in [1.54, 1.807) is 19.9 Å². The topological polar surface area (TPSA) is 76.7 Å². The Balaban J connectivity index is 1.99. The van der Waals surface area contributed by atoms with Crippen molar-refractivity contribution < 1.29 is 19.1 Å². The van der Waals surface area contributed by atoms with Gasteiger partial charge in [-0.25, -0.2) is 0 Å². The summed E-state index contributed by atoms with van der Waals surface area (Å²) in [6.45, 7) is 13.8. The summed E-state index contributed by atoms with van der Waals surface area (Å²) >= 11 is 0.355. The van der Waals surface area contributed by atoms with E-state index >= 15 is 0 Å². The first-order valence-corrected chi connectivity index (χ1v) is 13.4. The van der Waals surface area contributed by atoms with E-state index in [0.717, 1.165) is 11.7 Å². The second-order valence-electron chi connectivity index (χ2n) is 9.02. The van der Waals surface area contributed by atoms with Crippen molar-refractivity contribution in [3.05, 3.63) is 43.0 Å². The van der Waals surface area contributed by atoms with Gasteiger partial charge in [0.2, 0.25) is 0 Å². The average Bonchev–Trinajstić information content (AvgIpc) is 3.07. The molecule has 1 heterocycles. The van der Waals surface area contributed by atoms with Gasteiger partial charge >= 0.3 is 186 Å². The molecular formula is C25H38N2O4Se. The third kappa shape index (κ3) is 8.04. The summed E-state index contributed by atoms with van der Waals surface area (Å²) in [4.78, 5) is 25.8. The molecule has 6 nitrogen and oxygen atoms in total. The first-order valence-electron chi connectivity index (χ1n) is 11.4. The molecule has 0 bridgehead atoms. The summed E-state index contributed by atoms with van der Waals surface area (Å²) < 4.78 is 13.4. The van der Waals surface area contributed by atoms with Crippen LogP contribution in [0.5, 0.6) is 0 Å². The van der Waals surface area contributed by atoms with Gasteiger partial charge < -0.3 is 0 Å². The van der Waals surface area contributed by atoms with Crippen LogP contribution in [0.2, 0.25) is 5.32 Å². The van der Waals surface area contributed by atoms with Crippen molar-refractivity contribution in [2.45, 2.75) is 76.8 Å². The van der Waals surface area contributed by atoms with Crippen molar-refractivity contribution in [2.75, 3.05) is 6.54 Å². The van der Waals surface area contributed by atoms with Gasteiger partial charge in [0.05, 0.1) is 0 Å². The third-order valence-corrected chi connectivity index (χ3v) is 7.62. The summed E-state index contributed by atoms with van der Waals surface area (Å²) in [7, 11) is 0. The molecule has 2 N–H and O–H groups in total. The molecule has 0 radical (unpaired) electrons. The number of nitrogens with one attached hydrogen (secondary N) is 2. The quantitative estimate of drug-likeness (QED) is 0.258. The number of carbonyl (C=O) groups is 2. The summed E-state index contributed by atoms with van der Waals surface area (Å²) in [5.74, 6) is -1.16. The Kier molecular flexibility index (Phi) is 10.4. The van der Waals surface area contributed by atoms with E-state index in [4.69, 9.17) is 9.47 Å². The van der Waals surface area contributed by atoms with Crippen molar-refractivity contribution in [1.82, 2.24) is 10.6 Å². The molecule has 32 heavy (non-hydrogen) atoms. The van der Waals surface area contributed by atoms with Gasteiger partial charge in [-0.05, 0) is 0 Å². The van der Waals surface area contributed by atoms with Crippen LogP contribution in [-0.4, -0.2) is 57.4 Å². The summed E-state index contributed by atoms with van der Waals surface area (Å²) in [6, 6.07) is 10.1. The maximum atomic E-state index is 13.0. The Hall–Kier alpha value is -1.66. The van der Waals surface area contributed by atoms with Crippen LogP contribution >= 0.6 is 0 Å². The molecule has 0 saturated carbocycles. The second-order valence-corrected chi connectivity index (χ2v) is 11.5. The molecule has 1 saturated heterocycles. The van der Waals surface area contributed by atoms with Crippen LogP contribution in [-0.2, 0) is 19.1 Å². The number of carbonyl (C=O) groups excluding carboxylic acids is 2. The fraction of sp³-hybridized carbons (Fsp3) is 0.600. The molecular weight excluding hydrogens is 471 g/mol. The van der Waals surface area contributed by atoms with E-state index < -0.39 is 18.0 Å². The van der Waals surface area contributed by atoms with Crippen LogP contribution in [0.4, 0.5) is 0 Å². The van der Waals surface area contributed by atoms with Crippen LogP contribution in [0.1, 0.15) is 47.5 Å². The average molecular weight is 510 g/mol. The predicted octanol–water partition coefficient (Wildman–Crippen LogP) is 2.81. The van der Waals surface area contributed by atoms with Gasteiger partial charge in [-0.2, -0.15) is 0 Å². The Morgan fingerprint density at radius 1 is 1.19 bits per heavy atom. The first kappa shape index (κ1) is 26.6. The standard InChI is InChI=1S/C25H38N2O4Se/c1-7-8-15-26-24(29)22-21(30-25(5,6)31-22)20(17(2)3)27-23(28)18(4)14-16-32-19-12-10-9-11-13-19/h7,9-13,17-18,20-22H,1,8,14-16H2,2-6H3,(H,26,29)(H,27,28)/t18-,20-,21+,22-/m0/s1. The van der Waals surface area contributed by atoms with Gasteiger partial charge in [-0.3, -0.25) is 0 Å². The van der Waals surface area contributed by atoms with Crippen molar-refractivity contribution in [3.63, 3.8) is 0 Å². The molecule has 2 rings (SSSR count). The number of ether oxygens (including phenoxy) is 2. The van der Waals surface area contributed by atoms with E-state index in [0.29, 0.717) is 27.9 Å². The zero-order chi connectivity index (χ0) is 23.7. The fourth-order valence-electron chi connectivity index (χ4n) is 3.59. The number of amides is 2. The van der Waals surface area contributed by atoms with Crippen LogP contribution in [0.15, 0.2) is 43.0 Å². The third-order valence-electron chi connectivity index (χ3n) is 5.43. The molecule has 1 aromatic carbocycles. The molecule has 0 spiro atoms. The van der Waals surface area contributed by atoms with E-state index in [2.05, 4.69) is 41.5 Å². The summed E-state index contributed by atoms with van der Waals surface area (Å²) in [6.07, 6.45) is 1.92. The Bertz CT molecular complexity index is 754. The monoisotopic (exact) mass is 510 g/mol. The molecule has 1 aliphatic heterocycles. The molecule has 178 valence electrons. The van der Waals surface area contributed by atoms with E-state index in [9.17, 15) is 9.59 Å². The Morgan fingerprint density at radius 3 is 2.50 bits per heavy atom.